The Kier molecular flexibility index (Phi) is 10.6. The fourth-order valence-corrected chi connectivity index (χ4v) is 3.36. The zero-order chi connectivity index (χ0) is 22.3. The summed E-state index contributed by atoms with van der Waals surface area (Å²) in [5.74, 6) is -1.04. The summed E-state index contributed by atoms with van der Waals surface area (Å²) in [7, 11) is 0. The van der Waals surface area contributed by atoms with Gasteiger partial charge in [-0.2, -0.15) is 0 Å². The number of ether oxygens (including phenoxy) is 2. The number of hydrogen-bond acceptors (Lipinski definition) is 6. The highest BCUT2D eigenvalue weighted by Gasteiger charge is 2.28. The van der Waals surface area contributed by atoms with Crippen LogP contribution in [-0.2, 0) is 19.1 Å². The topological polar surface area (TPSA) is 123 Å². The van der Waals surface area contributed by atoms with Crippen molar-refractivity contribution in [3.8, 4) is 0 Å². The van der Waals surface area contributed by atoms with Gasteiger partial charge in [0.1, 0.15) is 12.4 Å². The summed E-state index contributed by atoms with van der Waals surface area (Å²) in [6.45, 7) is 6.33. The molecule has 1 fully saturated rings. The minimum absolute atomic E-state index is 0. The van der Waals surface area contributed by atoms with E-state index in [0.29, 0.717) is 37.1 Å². The number of nitrogens with zero attached hydrogens (tertiary/aromatic N) is 1. The van der Waals surface area contributed by atoms with Crippen molar-refractivity contribution in [1.82, 2.24) is 4.90 Å². The molecule has 1 heterocycles. The van der Waals surface area contributed by atoms with Crippen LogP contribution in [0.2, 0.25) is 0 Å². The van der Waals surface area contributed by atoms with Gasteiger partial charge in [0.2, 0.25) is 5.91 Å². The molecule has 0 spiro atoms. The number of benzene rings is 1. The summed E-state index contributed by atoms with van der Waals surface area (Å²) in [6, 6.07) is 6.51. The van der Waals surface area contributed by atoms with Crippen molar-refractivity contribution >= 4 is 35.9 Å². The van der Waals surface area contributed by atoms with Crippen LogP contribution in [0.4, 0.5) is 0 Å². The third kappa shape index (κ3) is 8.30. The molecule has 0 bridgehead atoms. The molecule has 1 aromatic carbocycles. The molecule has 0 saturated carbocycles. The first-order valence-corrected chi connectivity index (χ1v) is 10.2. The second-order valence-electron chi connectivity index (χ2n) is 7.89. The van der Waals surface area contributed by atoms with Gasteiger partial charge >= 0.3 is 5.97 Å². The van der Waals surface area contributed by atoms with Crippen LogP contribution in [-0.4, -0.2) is 60.3 Å². The number of hydrogen-bond donors (Lipinski definition) is 2. The van der Waals surface area contributed by atoms with Gasteiger partial charge in [0.05, 0.1) is 12.2 Å². The van der Waals surface area contributed by atoms with Gasteiger partial charge in [-0.15, -0.1) is 12.4 Å². The van der Waals surface area contributed by atoms with Crippen LogP contribution in [0.5, 0.6) is 0 Å². The zero-order valence-corrected chi connectivity index (χ0v) is 19.1. The van der Waals surface area contributed by atoms with Crippen LogP contribution in [0.15, 0.2) is 24.3 Å². The van der Waals surface area contributed by atoms with Gasteiger partial charge in [0.25, 0.3) is 0 Å². The van der Waals surface area contributed by atoms with E-state index in [4.69, 9.17) is 20.6 Å². The molecular formula is C22H32ClN3O5. The lowest BCUT2D eigenvalue weighted by Crippen LogP contribution is -2.43. The van der Waals surface area contributed by atoms with E-state index in [0.717, 1.165) is 0 Å². The minimum Gasteiger partial charge on any atom is -0.461 e. The molecule has 1 aliphatic rings. The number of rotatable bonds is 9. The number of nitrogens with two attached hydrogens (primary N) is 1. The maximum absolute atomic E-state index is 12.7. The minimum atomic E-state index is -0.427. The Bertz CT molecular complexity index is 774. The molecule has 0 aromatic heterocycles. The number of piperidine rings is 1. The predicted octanol–water partition coefficient (Wildman–Crippen LogP) is 2.56. The molecule has 1 amide bonds. The molecule has 31 heavy (non-hydrogen) atoms. The lowest BCUT2D eigenvalue weighted by molar-refractivity contribution is -0.156. The van der Waals surface area contributed by atoms with Gasteiger partial charge in [-0.3, -0.25) is 15.0 Å². The van der Waals surface area contributed by atoms with E-state index in [2.05, 4.69) is 0 Å². The third-order valence-corrected chi connectivity index (χ3v) is 4.99. The van der Waals surface area contributed by atoms with E-state index in [9.17, 15) is 14.4 Å². The maximum atomic E-state index is 12.7. The summed E-state index contributed by atoms with van der Waals surface area (Å²) >= 11 is 0. The fourth-order valence-electron chi connectivity index (χ4n) is 3.36. The van der Waals surface area contributed by atoms with E-state index < -0.39 is 5.92 Å². The smallest absolute Gasteiger partial charge is 0.332 e. The van der Waals surface area contributed by atoms with Gasteiger partial charge in [-0.25, -0.2) is 4.79 Å². The van der Waals surface area contributed by atoms with Crippen LogP contribution in [0.3, 0.4) is 0 Å². The van der Waals surface area contributed by atoms with Crippen LogP contribution in [0.1, 0.15) is 56.0 Å². The molecular weight excluding hydrogens is 422 g/mol. The predicted molar refractivity (Wildman–Crippen MR) is 120 cm³/mol. The lowest BCUT2D eigenvalue weighted by Gasteiger charge is -2.33. The number of esters is 1. The molecule has 172 valence electrons. The van der Waals surface area contributed by atoms with Crippen molar-refractivity contribution in [2.75, 3.05) is 19.7 Å². The van der Waals surface area contributed by atoms with E-state index in [1.165, 1.54) is 0 Å². The molecule has 8 nitrogen and oxygen atoms in total. The average Bonchev–Trinajstić information content (AvgIpc) is 2.71. The highest BCUT2D eigenvalue weighted by Crippen LogP contribution is 2.19. The molecule has 9 heteroatoms. The summed E-state index contributed by atoms with van der Waals surface area (Å²) in [6.07, 6.45) is 1.17. The number of nitrogen functional groups attached to an aromatic ring is 1. The van der Waals surface area contributed by atoms with Gasteiger partial charge in [-0.1, -0.05) is 31.2 Å². The summed E-state index contributed by atoms with van der Waals surface area (Å²) in [5, 5.41) is 7.39. The molecule has 1 aromatic rings. The zero-order valence-electron chi connectivity index (χ0n) is 18.3. The summed E-state index contributed by atoms with van der Waals surface area (Å²) < 4.78 is 10.6. The average molecular weight is 454 g/mol. The van der Waals surface area contributed by atoms with Crippen molar-refractivity contribution in [3.05, 3.63) is 35.4 Å². The standard InChI is InChI=1S/C22H31N3O5.ClH/c1-14(2)30-20(27)13-29-18-8-10-25(11-9-18)22(28)15(3)12-19(26)16-4-6-17(7-5-16)21(23)24;/h4-7,14-15,18H,8-13H2,1-3H3,(H3,23,24);1H. The first kappa shape index (κ1) is 26.6. The number of Topliss-reactive ketones (excluding diaryl/α,β-unsaturated/α-hetero) is 1. The van der Waals surface area contributed by atoms with E-state index >= 15 is 0 Å². The Balaban J connectivity index is 0.00000480. The largest absolute Gasteiger partial charge is 0.461 e. The van der Waals surface area contributed by atoms with Gasteiger partial charge in [-0.05, 0) is 26.7 Å². The van der Waals surface area contributed by atoms with Crippen LogP contribution in [0.25, 0.3) is 0 Å². The van der Waals surface area contributed by atoms with E-state index in [1.807, 2.05) is 0 Å². The number of likely N-dealkylation sites (tertiary alicyclic amines) is 1. The number of nitrogens with one attached hydrogen (secondary N) is 1. The molecule has 0 radical (unpaired) electrons. The Hall–Kier alpha value is -2.45. The molecule has 1 unspecified atom stereocenters. The van der Waals surface area contributed by atoms with Crippen LogP contribution < -0.4 is 5.73 Å². The van der Waals surface area contributed by atoms with Crippen molar-refractivity contribution < 1.29 is 23.9 Å². The van der Waals surface area contributed by atoms with E-state index in [1.54, 1.807) is 49.9 Å². The number of ketones is 1. The third-order valence-electron chi connectivity index (χ3n) is 4.99. The number of carbonyl (C=O) groups is 3. The van der Waals surface area contributed by atoms with Gasteiger partial charge in [0, 0.05) is 36.6 Å². The Morgan fingerprint density at radius 3 is 2.16 bits per heavy atom. The van der Waals surface area contributed by atoms with Crippen molar-refractivity contribution in [3.63, 3.8) is 0 Å². The van der Waals surface area contributed by atoms with Gasteiger partial charge < -0.3 is 20.1 Å². The highest BCUT2D eigenvalue weighted by atomic mass is 35.5. The second kappa shape index (κ2) is 12.4. The molecule has 0 aliphatic carbocycles. The van der Waals surface area contributed by atoms with Gasteiger partial charge in [0.15, 0.2) is 5.78 Å². The Morgan fingerprint density at radius 2 is 1.65 bits per heavy atom. The number of amidine groups is 1. The SMILES string of the molecule is CC(C)OC(=O)COC1CCN(C(=O)C(C)CC(=O)c2ccc(C(=N)N)cc2)CC1.Cl. The van der Waals surface area contributed by atoms with Crippen molar-refractivity contribution in [1.29, 1.82) is 5.41 Å². The molecule has 3 N–H and O–H groups in total. The number of carbonyl (C=O) groups excluding carboxylic acids is 3. The lowest BCUT2D eigenvalue weighted by atomic mass is 9.96. The molecule has 1 saturated heterocycles. The Morgan fingerprint density at radius 1 is 1.10 bits per heavy atom. The van der Waals surface area contributed by atoms with E-state index in [-0.39, 0.29) is 61.1 Å². The normalized spacial score (nSPS) is 15.2. The summed E-state index contributed by atoms with van der Waals surface area (Å²) in [4.78, 5) is 38.5. The number of amides is 1. The molecule has 2 rings (SSSR count). The first-order chi connectivity index (χ1) is 14.2. The summed E-state index contributed by atoms with van der Waals surface area (Å²) in [5.41, 5.74) is 6.48. The quantitative estimate of drug-likeness (QED) is 0.256. The molecule has 1 atom stereocenters. The second-order valence-corrected chi connectivity index (χ2v) is 7.89. The highest BCUT2D eigenvalue weighted by molar-refractivity contribution is 6.00. The van der Waals surface area contributed by atoms with Crippen molar-refractivity contribution in [2.45, 2.75) is 52.2 Å². The van der Waals surface area contributed by atoms with Crippen LogP contribution in [0, 0.1) is 11.3 Å². The van der Waals surface area contributed by atoms with Crippen molar-refractivity contribution in [2.24, 2.45) is 11.7 Å². The molecule has 1 aliphatic heterocycles. The Labute approximate surface area is 189 Å². The first-order valence-electron chi connectivity index (χ1n) is 10.2. The van der Waals surface area contributed by atoms with Crippen LogP contribution >= 0.6 is 12.4 Å². The number of halogens is 1. The monoisotopic (exact) mass is 453 g/mol. The maximum Gasteiger partial charge on any atom is 0.332 e. The fraction of sp³-hybridized carbons (Fsp3) is 0.545.